The number of hydrogen-bond acceptors (Lipinski definition) is 7. The van der Waals surface area contributed by atoms with Gasteiger partial charge in [0.2, 0.25) is 0 Å². The van der Waals surface area contributed by atoms with E-state index in [1.807, 2.05) is 0 Å². The van der Waals surface area contributed by atoms with Crippen LogP contribution in [-0.4, -0.2) is 48.2 Å². The van der Waals surface area contributed by atoms with Gasteiger partial charge in [-0.15, -0.1) is 11.3 Å². The van der Waals surface area contributed by atoms with Gasteiger partial charge in [0.05, 0.1) is 17.8 Å². The van der Waals surface area contributed by atoms with Gasteiger partial charge in [0.1, 0.15) is 17.0 Å². The summed E-state index contributed by atoms with van der Waals surface area (Å²) in [6.45, 7) is 7.59. The van der Waals surface area contributed by atoms with Crippen molar-refractivity contribution in [2.75, 3.05) is 13.1 Å². The number of halogens is 2. The number of thiazole rings is 1. The molecule has 33 heavy (non-hydrogen) atoms. The Kier molecular flexibility index (Phi) is 7.21. The monoisotopic (exact) mass is 513 g/mol. The molecule has 3 heterocycles. The van der Waals surface area contributed by atoms with E-state index in [2.05, 4.69) is 23.7 Å². The summed E-state index contributed by atoms with van der Waals surface area (Å²) in [5, 5.41) is 22.8. The highest BCUT2D eigenvalue weighted by Gasteiger charge is 2.38. The Morgan fingerprint density at radius 1 is 1.30 bits per heavy atom. The number of fused-ring (bicyclic) bond motifs is 1. The minimum Gasteiger partial charge on any atom is -0.387 e. The molecule has 1 N–H and O–H groups in total. The number of imidazole rings is 1. The van der Waals surface area contributed by atoms with Gasteiger partial charge in [0, 0.05) is 35.5 Å². The lowest BCUT2D eigenvalue weighted by Crippen LogP contribution is -2.49. The van der Waals surface area contributed by atoms with Crippen molar-refractivity contribution in [1.29, 1.82) is 0 Å². The van der Waals surface area contributed by atoms with E-state index in [1.165, 1.54) is 22.9 Å². The van der Waals surface area contributed by atoms with Crippen LogP contribution in [0.4, 0.5) is 10.2 Å². The van der Waals surface area contributed by atoms with E-state index in [0.29, 0.717) is 19.6 Å². The molecule has 0 bridgehead atoms. The zero-order valence-corrected chi connectivity index (χ0v) is 21.0. The molecule has 0 fully saturated rings. The van der Waals surface area contributed by atoms with Gasteiger partial charge in [-0.3, -0.25) is 9.47 Å². The van der Waals surface area contributed by atoms with Gasteiger partial charge in [-0.2, -0.15) is 13.5 Å². The molecule has 178 valence electrons. The SMILES string of the molecule is CC1(C)CN(C[C@](C)(O)Cn2cc([N+](=O)[O-])nc2Cl)Cc2sc(-c3ccc(F)cc3)nc21.S. The van der Waals surface area contributed by atoms with Gasteiger partial charge in [0.15, 0.2) is 0 Å². The Bertz CT molecular complexity index is 1160. The van der Waals surface area contributed by atoms with E-state index in [9.17, 15) is 19.6 Å². The zero-order chi connectivity index (χ0) is 23.3. The summed E-state index contributed by atoms with van der Waals surface area (Å²) in [5.41, 5.74) is 0.447. The minimum atomic E-state index is -1.20. The zero-order valence-electron chi connectivity index (χ0n) is 18.4. The summed E-state index contributed by atoms with van der Waals surface area (Å²) in [6, 6.07) is 6.30. The number of aliphatic hydroxyl groups is 1. The van der Waals surface area contributed by atoms with Crippen LogP contribution in [0.5, 0.6) is 0 Å². The predicted molar refractivity (Wildman–Crippen MR) is 131 cm³/mol. The van der Waals surface area contributed by atoms with Gasteiger partial charge in [-0.1, -0.05) is 13.8 Å². The molecule has 0 aliphatic carbocycles. The van der Waals surface area contributed by atoms with Gasteiger partial charge >= 0.3 is 11.1 Å². The van der Waals surface area contributed by atoms with Crippen LogP contribution in [0, 0.1) is 15.9 Å². The van der Waals surface area contributed by atoms with Crippen LogP contribution < -0.4 is 0 Å². The summed E-state index contributed by atoms with van der Waals surface area (Å²) in [6.07, 6.45) is 1.23. The molecule has 0 unspecified atom stereocenters. The van der Waals surface area contributed by atoms with Crippen molar-refractivity contribution >= 4 is 42.3 Å². The highest BCUT2D eigenvalue weighted by atomic mass is 35.5. The number of rotatable bonds is 6. The van der Waals surface area contributed by atoms with Crippen LogP contribution in [0.25, 0.3) is 10.6 Å². The molecule has 1 aliphatic heterocycles. The second-order valence-corrected chi connectivity index (χ2v) is 10.5. The number of hydrogen-bond donors (Lipinski definition) is 1. The minimum absolute atomic E-state index is 0. The van der Waals surface area contributed by atoms with Gasteiger partial charge < -0.3 is 15.2 Å². The third kappa shape index (κ3) is 5.55. The molecule has 0 saturated carbocycles. The summed E-state index contributed by atoms with van der Waals surface area (Å²) in [5.74, 6) is -0.639. The Morgan fingerprint density at radius 3 is 2.58 bits per heavy atom. The van der Waals surface area contributed by atoms with Gasteiger partial charge in [-0.25, -0.2) is 9.37 Å². The molecule has 1 aromatic carbocycles. The van der Waals surface area contributed by atoms with E-state index in [1.54, 1.807) is 30.4 Å². The highest BCUT2D eigenvalue weighted by Crippen LogP contribution is 2.39. The maximum absolute atomic E-state index is 13.3. The van der Waals surface area contributed by atoms with Crippen molar-refractivity contribution in [1.82, 2.24) is 19.4 Å². The molecule has 3 aromatic rings. The fourth-order valence-electron chi connectivity index (χ4n) is 4.19. The quantitative estimate of drug-likeness (QED) is 0.388. The Labute approximate surface area is 206 Å². The third-order valence-electron chi connectivity index (χ3n) is 5.39. The van der Waals surface area contributed by atoms with Crippen molar-refractivity contribution in [3.8, 4) is 10.6 Å². The average Bonchev–Trinajstić information content (AvgIpc) is 3.26. The molecular weight excluding hydrogens is 489 g/mol. The van der Waals surface area contributed by atoms with Crippen LogP contribution in [0.15, 0.2) is 30.5 Å². The molecule has 4 rings (SSSR count). The molecule has 0 radical (unpaired) electrons. The molecule has 0 saturated heterocycles. The molecule has 1 atom stereocenters. The summed E-state index contributed by atoms with van der Waals surface area (Å²) in [4.78, 5) is 22.1. The molecular formula is C21H25ClFN5O3S2. The lowest BCUT2D eigenvalue weighted by Gasteiger charge is -2.40. The third-order valence-corrected chi connectivity index (χ3v) is 6.78. The first-order chi connectivity index (χ1) is 14.9. The second-order valence-electron chi connectivity index (χ2n) is 9.08. The van der Waals surface area contributed by atoms with Crippen LogP contribution in [0.3, 0.4) is 0 Å². The first kappa shape index (κ1) is 25.6. The smallest absolute Gasteiger partial charge is 0.383 e. The number of nitrogens with zero attached hydrogens (tertiary/aromatic N) is 5. The second kappa shape index (κ2) is 9.30. The molecule has 8 nitrogen and oxygen atoms in total. The van der Waals surface area contributed by atoms with Gasteiger partial charge in [-0.05, 0) is 52.7 Å². The van der Waals surface area contributed by atoms with E-state index in [0.717, 1.165) is 21.1 Å². The van der Waals surface area contributed by atoms with Gasteiger partial charge in [0.25, 0.3) is 0 Å². The van der Waals surface area contributed by atoms with E-state index < -0.39 is 10.5 Å². The Hall–Kier alpha value is -2.05. The van der Waals surface area contributed by atoms with E-state index in [4.69, 9.17) is 16.6 Å². The predicted octanol–water partition coefficient (Wildman–Crippen LogP) is 4.36. The molecule has 12 heteroatoms. The van der Waals surface area contributed by atoms with Crippen molar-refractivity contribution in [3.63, 3.8) is 0 Å². The average molecular weight is 514 g/mol. The van der Waals surface area contributed by atoms with Crippen molar-refractivity contribution in [3.05, 3.63) is 62.2 Å². The van der Waals surface area contributed by atoms with E-state index in [-0.39, 0.29) is 42.4 Å². The lowest BCUT2D eigenvalue weighted by molar-refractivity contribution is -0.389. The summed E-state index contributed by atoms with van der Waals surface area (Å²) in [7, 11) is 0. The maximum atomic E-state index is 13.3. The molecule has 0 amide bonds. The van der Waals surface area contributed by atoms with Crippen molar-refractivity contribution in [2.24, 2.45) is 0 Å². The Balaban J connectivity index is 0.00000306. The normalized spacial score (nSPS) is 17.2. The fourth-order valence-corrected chi connectivity index (χ4v) is 5.67. The summed E-state index contributed by atoms with van der Waals surface area (Å²) >= 11 is 7.58. The number of nitro groups is 1. The largest absolute Gasteiger partial charge is 0.387 e. The van der Waals surface area contributed by atoms with Crippen molar-refractivity contribution in [2.45, 2.75) is 44.9 Å². The number of aromatic nitrogens is 3. The summed E-state index contributed by atoms with van der Waals surface area (Å²) < 4.78 is 14.7. The number of benzene rings is 1. The Morgan fingerprint density at radius 2 is 1.97 bits per heavy atom. The van der Waals surface area contributed by atoms with Crippen LogP contribution in [0.2, 0.25) is 5.28 Å². The molecule has 0 spiro atoms. The van der Waals surface area contributed by atoms with E-state index >= 15 is 0 Å². The molecule has 1 aliphatic rings. The number of β-amino-alcohol motifs (C(OH)–C–C–N with tert-alkyl or cyclic N) is 1. The maximum Gasteiger partial charge on any atom is 0.383 e. The fraction of sp³-hybridized carbons (Fsp3) is 0.429. The standard InChI is InChI=1S/C21H23ClFN5O3S.H2S/c1-20(2)10-26(11-21(3,29)12-27-9-16(28(30)31)24-19(27)22)8-15-17(20)25-18(32-15)13-4-6-14(23)7-5-13;/h4-7,9,29H,8,10-12H2,1-3H3;1H2/t21-;/m0./s1. The lowest BCUT2D eigenvalue weighted by atomic mass is 9.84. The van der Waals surface area contributed by atoms with Crippen molar-refractivity contribution < 1.29 is 14.4 Å². The first-order valence-electron chi connectivity index (χ1n) is 10.0. The van der Waals surface area contributed by atoms with Crippen LogP contribution in [-0.2, 0) is 18.5 Å². The highest BCUT2D eigenvalue weighted by molar-refractivity contribution is 7.59. The van der Waals surface area contributed by atoms with Crippen LogP contribution >= 0.6 is 36.4 Å². The topological polar surface area (TPSA) is 97.3 Å². The van der Waals surface area contributed by atoms with Crippen LogP contribution in [0.1, 0.15) is 31.3 Å². The molecule has 2 aromatic heterocycles. The first-order valence-corrected chi connectivity index (χ1v) is 11.2.